The molecule has 2 aromatic rings. The Morgan fingerprint density at radius 3 is 2.47 bits per heavy atom. The zero-order valence-electron chi connectivity index (χ0n) is 20.0. The molecule has 1 aliphatic heterocycles. The largest absolute Gasteiger partial charge is 0.411 e. The summed E-state index contributed by atoms with van der Waals surface area (Å²) in [4.78, 5) is 5.36. The Morgan fingerprint density at radius 1 is 1.00 bits per heavy atom. The molecule has 2 aliphatic carbocycles. The number of benzene rings is 2. The van der Waals surface area contributed by atoms with Gasteiger partial charge in [-0.3, -0.25) is 0 Å². The molecule has 0 saturated carbocycles. The minimum Gasteiger partial charge on any atom is -0.411 e. The summed E-state index contributed by atoms with van der Waals surface area (Å²) < 4.78 is 0. The maximum Gasteiger partial charge on any atom is 0.0861 e. The van der Waals surface area contributed by atoms with Crippen molar-refractivity contribution in [3.05, 3.63) is 80.4 Å². The topological polar surface area (TPSA) is 68.4 Å². The predicted octanol–water partition coefficient (Wildman–Crippen LogP) is 7.03. The van der Waals surface area contributed by atoms with E-state index >= 15 is 0 Å². The van der Waals surface area contributed by atoms with Crippen molar-refractivity contribution in [3.63, 3.8) is 0 Å². The maximum atomic E-state index is 9.23. The monoisotopic (exact) mass is 473 g/mol. The molecule has 1 heterocycles. The van der Waals surface area contributed by atoms with Crippen LogP contribution in [-0.2, 0) is 6.42 Å². The van der Waals surface area contributed by atoms with E-state index in [1.54, 1.807) is 0 Å². The van der Waals surface area contributed by atoms with Crippen LogP contribution < -0.4 is 0 Å². The fourth-order valence-corrected chi connectivity index (χ4v) is 6.68. The van der Waals surface area contributed by atoms with Crippen molar-refractivity contribution in [2.45, 2.75) is 58.9 Å². The smallest absolute Gasteiger partial charge is 0.0861 e. The van der Waals surface area contributed by atoms with Crippen LogP contribution in [0.4, 0.5) is 0 Å². The summed E-state index contributed by atoms with van der Waals surface area (Å²) in [6.45, 7) is 6.96. The molecule has 2 aromatic carbocycles. The molecule has 0 radical (unpaired) electrons. The van der Waals surface area contributed by atoms with E-state index in [4.69, 9.17) is 0 Å². The second kappa shape index (κ2) is 9.34. The zero-order chi connectivity index (χ0) is 23.8. The van der Waals surface area contributed by atoms with Crippen molar-refractivity contribution in [1.82, 2.24) is 4.90 Å². The Hall–Kier alpha value is -2.99. The van der Waals surface area contributed by atoms with Gasteiger partial charge in [0.25, 0.3) is 0 Å². The van der Waals surface area contributed by atoms with E-state index in [-0.39, 0.29) is 6.04 Å². The number of hydrogen-bond acceptors (Lipinski definition) is 6. The first-order chi connectivity index (χ1) is 16.5. The van der Waals surface area contributed by atoms with Crippen LogP contribution in [-0.4, -0.2) is 33.3 Å². The average molecular weight is 474 g/mol. The van der Waals surface area contributed by atoms with Gasteiger partial charge in [0.15, 0.2) is 0 Å². The molecule has 34 heavy (non-hydrogen) atoms. The fraction of sp³-hybridized carbons (Fsp3) is 0.357. The van der Waals surface area contributed by atoms with Crippen LogP contribution in [0.1, 0.15) is 85.9 Å². The Kier molecular flexibility index (Phi) is 6.26. The predicted molar refractivity (Wildman–Crippen MR) is 141 cm³/mol. The number of hydrogen-bond donors (Lipinski definition) is 2. The summed E-state index contributed by atoms with van der Waals surface area (Å²) in [5, 5.41) is 25.3. The van der Waals surface area contributed by atoms with Crippen LogP contribution in [0.15, 0.2) is 57.3 Å². The minimum absolute atomic E-state index is 0.246. The van der Waals surface area contributed by atoms with Crippen LogP contribution in [0, 0.1) is 0 Å². The molecule has 5 rings (SSSR count). The van der Waals surface area contributed by atoms with Gasteiger partial charge in [0.05, 0.1) is 17.5 Å². The summed E-state index contributed by atoms with van der Waals surface area (Å²) in [7, 11) is 0. The Balaban J connectivity index is 1.53. The minimum atomic E-state index is 0.246. The summed E-state index contributed by atoms with van der Waals surface area (Å²) in [6.07, 6.45) is 8.15. The SMILES string of the molecule is CCCCCCN1C2=C(SC3=Cc4cc(C(C)=NO)ccc4C31)c1ccc(C(C)=NO)cc1C2. The fourth-order valence-electron chi connectivity index (χ4n) is 5.28. The Labute approximate surface area is 205 Å². The molecular formula is C28H31N3O2S. The zero-order valence-corrected chi connectivity index (χ0v) is 20.8. The van der Waals surface area contributed by atoms with E-state index in [0.717, 1.165) is 24.1 Å². The normalized spacial score (nSPS) is 19.1. The van der Waals surface area contributed by atoms with E-state index < -0.39 is 0 Å². The van der Waals surface area contributed by atoms with Crippen LogP contribution in [0.3, 0.4) is 0 Å². The number of fused-ring (bicyclic) bond motifs is 5. The number of allylic oxidation sites excluding steroid dienone is 1. The lowest BCUT2D eigenvalue weighted by Crippen LogP contribution is -2.31. The molecule has 176 valence electrons. The van der Waals surface area contributed by atoms with Gasteiger partial charge in [-0.2, -0.15) is 0 Å². The molecule has 2 N–H and O–H groups in total. The molecule has 1 atom stereocenters. The second-order valence-electron chi connectivity index (χ2n) is 9.34. The van der Waals surface area contributed by atoms with Gasteiger partial charge in [-0.25, -0.2) is 0 Å². The Bertz CT molecular complexity index is 1260. The molecule has 0 bridgehead atoms. The molecule has 6 heteroatoms. The Morgan fingerprint density at radius 2 is 1.74 bits per heavy atom. The van der Waals surface area contributed by atoms with Crippen molar-refractivity contribution >= 4 is 34.2 Å². The third kappa shape index (κ3) is 3.84. The lowest BCUT2D eigenvalue weighted by atomic mass is 9.99. The third-order valence-corrected chi connectivity index (χ3v) is 8.42. The standard InChI is InChI=1S/C28H31N3O2S/c1-4-5-6-7-12-31-25-15-21-13-20(18(3)30-33)9-11-24(21)28(25)34-26-16-22-14-19(17(2)29-32)8-10-23(22)27(26)31/h8-11,13-14,16,27,32-33H,4-7,12,15H2,1-3H3. The van der Waals surface area contributed by atoms with Crippen LogP contribution >= 0.6 is 11.8 Å². The van der Waals surface area contributed by atoms with Crippen molar-refractivity contribution < 1.29 is 10.4 Å². The van der Waals surface area contributed by atoms with E-state index in [1.165, 1.54) is 63.4 Å². The van der Waals surface area contributed by atoms with Crippen LogP contribution in [0.5, 0.6) is 0 Å². The highest BCUT2D eigenvalue weighted by molar-refractivity contribution is 8.12. The third-order valence-electron chi connectivity index (χ3n) is 7.18. The average Bonchev–Trinajstić information content (AvgIpc) is 3.41. The van der Waals surface area contributed by atoms with Crippen LogP contribution in [0.25, 0.3) is 11.0 Å². The lowest BCUT2D eigenvalue weighted by molar-refractivity contribution is 0.283. The van der Waals surface area contributed by atoms with Crippen molar-refractivity contribution in [2.75, 3.05) is 6.54 Å². The summed E-state index contributed by atoms with van der Waals surface area (Å²) in [5.41, 5.74) is 9.77. The first-order valence-electron chi connectivity index (χ1n) is 12.1. The summed E-state index contributed by atoms with van der Waals surface area (Å²) in [6, 6.07) is 13.1. The summed E-state index contributed by atoms with van der Waals surface area (Å²) in [5.74, 6) is 0. The van der Waals surface area contributed by atoms with E-state index in [0.29, 0.717) is 11.4 Å². The van der Waals surface area contributed by atoms with Gasteiger partial charge in [-0.1, -0.05) is 72.5 Å². The number of thioether (sulfide) groups is 1. The van der Waals surface area contributed by atoms with E-state index in [1.807, 2.05) is 25.6 Å². The summed E-state index contributed by atoms with van der Waals surface area (Å²) >= 11 is 1.90. The van der Waals surface area contributed by atoms with Crippen molar-refractivity contribution in [3.8, 4) is 0 Å². The first kappa shape index (κ1) is 22.8. The number of nitrogens with zero attached hydrogens (tertiary/aromatic N) is 3. The number of unbranched alkanes of at least 4 members (excludes halogenated alkanes) is 3. The van der Waals surface area contributed by atoms with E-state index in [9.17, 15) is 10.4 Å². The van der Waals surface area contributed by atoms with Gasteiger partial charge >= 0.3 is 0 Å². The second-order valence-corrected chi connectivity index (χ2v) is 10.4. The highest BCUT2D eigenvalue weighted by Gasteiger charge is 2.40. The maximum absolute atomic E-state index is 9.23. The number of rotatable bonds is 7. The highest BCUT2D eigenvalue weighted by atomic mass is 32.2. The van der Waals surface area contributed by atoms with Gasteiger partial charge in [0.2, 0.25) is 0 Å². The van der Waals surface area contributed by atoms with Crippen molar-refractivity contribution in [2.24, 2.45) is 10.3 Å². The van der Waals surface area contributed by atoms with Crippen LogP contribution in [0.2, 0.25) is 0 Å². The molecule has 0 fully saturated rings. The van der Waals surface area contributed by atoms with Gasteiger partial charge in [-0.05, 0) is 71.9 Å². The van der Waals surface area contributed by atoms with Crippen molar-refractivity contribution in [1.29, 1.82) is 0 Å². The van der Waals surface area contributed by atoms with E-state index in [2.05, 4.69) is 64.6 Å². The molecule has 1 unspecified atom stereocenters. The molecule has 0 amide bonds. The van der Waals surface area contributed by atoms with Gasteiger partial charge in [0.1, 0.15) is 0 Å². The first-order valence-corrected chi connectivity index (χ1v) is 12.9. The highest BCUT2D eigenvalue weighted by Crippen LogP contribution is 2.58. The molecule has 5 nitrogen and oxygen atoms in total. The van der Waals surface area contributed by atoms with Gasteiger partial charge < -0.3 is 15.3 Å². The molecular weight excluding hydrogens is 442 g/mol. The molecule has 0 saturated heterocycles. The van der Waals surface area contributed by atoms with Gasteiger partial charge in [0, 0.05) is 28.5 Å². The number of oxime groups is 2. The van der Waals surface area contributed by atoms with Gasteiger partial charge in [-0.15, -0.1) is 0 Å². The molecule has 0 aromatic heterocycles. The quantitative estimate of drug-likeness (QED) is 0.196. The molecule has 3 aliphatic rings. The molecule has 0 spiro atoms. The lowest BCUT2D eigenvalue weighted by Gasteiger charge is -2.39.